The molecule has 0 atom stereocenters. The number of fused-ring (bicyclic) bond motifs is 4. The third kappa shape index (κ3) is 1.27. The Morgan fingerprint density at radius 1 is 1.17 bits per heavy atom. The van der Waals surface area contributed by atoms with Crippen molar-refractivity contribution in [3.05, 3.63) is 0 Å². The van der Waals surface area contributed by atoms with E-state index in [4.69, 9.17) is 0 Å². The van der Waals surface area contributed by atoms with Crippen molar-refractivity contribution in [2.45, 2.75) is 18.9 Å². The third-order valence-corrected chi connectivity index (χ3v) is 2.89. The van der Waals surface area contributed by atoms with Crippen LogP contribution in [-0.2, 0) is 0 Å². The second kappa shape index (κ2) is 2.94. The van der Waals surface area contributed by atoms with Gasteiger partial charge in [0.25, 0.3) is 0 Å². The molecule has 4 nitrogen and oxygen atoms in total. The van der Waals surface area contributed by atoms with Crippen LogP contribution in [0.5, 0.6) is 0 Å². The van der Waals surface area contributed by atoms with Crippen LogP contribution in [0.2, 0.25) is 0 Å². The molecular formula is C8H13N2O2-. The van der Waals surface area contributed by atoms with Gasteiger partial charge in [0, 0.05) is 32.2 Å². The maximum atomic E-state index is 10.7. The summed E-state index contributed by atoms with van der Waals surface area (Å²) >= 11 is 0. The van der Waals surface area contributed by atoms with Crippen LogP contribution in [-0.4, -0.2) is 48.1 Å². The Kier molecular flexibility index (Phi) is 1.92. The molecule has 0 aromatic carbocycles. The number of hydrogen-bond acceptors (Lipinski definition) is 3. The lowest BCUT2D eigenvalue weighted by Gasteiger charge is -2.32. The molecule has 4 heteroatoms. The summed E-state index contributed by atoms with van der Waals surface area (Å²) in [5.74, 6) is 0. The van der Waals surface area contributed by atoms with E-state index in [-0.39, 0.29) is 6.04 Å². The molecule has 12 heavy (non-hydrogen) atoms. The lowest BCUT2D eigenvalue weighted by molar-refractivity contribution is -0.267. The van der Waals surface area contributed by atoms with E-state index in [0.717, 1.165) is 32.5 Å². The van der Waals surface area contributed by atoms with Crippen LogP contribution in [0.1, 0.15) is 12.8 Å². The van der Waals surface area contributed by atoms with E-state index in [9.17, 15) is 9.90 Å². The topological polar surface area (TPSA) is 46.6 Å². The van der Waals surface area contributed by atoms with Gasteiger partial charge in [-0.3, -0.25) is 0 Å². The molecule has 3 aliphatic rings. The van der Waals surface area contributed by atoms with Crippen molar-refractivity contribution in [3.63, 3.8) is 0 Å². The van der Waals surface area contributed by atoms with Gasteiger partial charge in [-0.15, -0.1) is 0 Å². The van der Waals surface area contributed by atoms with E-state index in [2.05, 4.69) is 4.90 Å². The highest BCUT2D eigenvalue weighted by molar-refractivity contribution is 5.63. The molecule has 3 aliphatic heterocycles. The van der Waals surface area contributed by atoms with Crippen LogP contribution in [0, 0.1) is 0 Å². The van der Waals surface area contributed by atoms with Gasteiger partial charge >= 0.3 is 0 Å². The van der Waals surface area contributed by atoms with Crippen LogP contribution in [0.15, 0.2) is 0 Å². The van der Waals surface area contributed by atoms with Crippen LogP contribution in [0.25, 0.3) is 0 Å². The average molecular weight is 169 g/mol. The number of carboxylic acid groups (broad SMARTS) is 1. The monoisotopic (exact) mass is 169 g/mol. The molecule has 0 unspecified atom stereocenters. The van der Waals surface area contributed by atoms with E-state index in [0.29, 0.717) is 6.54 Å². The maximum Gasteiger partial charge on any atom is 0.137 e. The number of amides is 1. The molecule has 0 aliphatic carbocycles. The number of carbonyl (C=O) groups is 1. The molecule has 0 aromatic heterocycles. The van der Waals surface area contributed by atoms with E-state index in [1.807, 2.05) is 0 Å². The molecule has 0 saturated carbocycles. The molecule has 3 rings (SSSR count). The summed E-state index contributed by atoms with van der Waals surface area (Å²) in [7, 11) is 0. The van der Waals surface area contributed by atoms with E-state index < -0.39 is 6.09 Å². The minimum absolute atomic E-state index is 0.230. The second-order valence-corrected chi connectivity index (χ2v) is 3.53. The number of rotatable bonds is 0. The first-order valence-electron chi connectivity index (χ1n) is 4.47. The molecule has 3 saturated heterocycles. The number of hydrogen-bond donors (Lipinski definition) is 0. The van der Waals surface area contributed by atoms with Gasteiger partial charge in [0.1, 0.15) is 6.09 Å². The maximum absolute atomic E-state index is 10.7. The fourth-order valence-corrected chi connectivity index (χ4v) is 2.13. The van der Waals surface area contributed by atoms with Gasteiger partial charge in [-0.2, -0.15) is 0 Å². The molecule has 0 aromatic rings. The third-order valence-electron chi connectivity index (χ3n) is 2.89. The summed E-state index contributed by atoms with van der Waals surface area (Å²) in [5.41, 5.74) is 0. The SMILES string of the molecule is O=C([O-])N1CCN2CCC1CC2. The average Bonchev–Trinajstić information content (AvgIpc) is 2.36. The summed E-state index contributed by atoms with van der Waals surface area (Å²) in [6, 6.07) is 0.230. The van der Waals surface area contributed by atoms with Crippen LogP contribution < -0.4 is 5.11 Å². The molecule has 3 heterocycles. The van der Waals surface area contributed by atoms with Gasteiger partial charge in [-0.1, -0.05) is 0 Å². The first kappa shape index (κ1) is 7.86. The zero-order chi connectivity index (χ0) is 8.55. The standard InChI is InChI=1S/C8H14N2O2/c11-8(12)10-6-5-9-3-1-7(10)2-4-9/h7H,1-6H2,(H,11,12)/p-1. The Hall–Kier alpha value is -0.770. The molecule has 0 spiro atoms. The molecule has 0 N–H and O–H groups in total. The molecular weight excluding hydrogens is 156 g/mol. The van der Waals surface area contributed by atoms with Gasteiger partial charge in [0.2, 0.25) is 0 Å². The van der Waals surface area contributed by atoms with Crippen molar-refractivity contribution in [2.75, 3.05) is 26.2 Å². The highest BCUT2D eigenvalue weighted by atomic mass is 16.4. The molecule has 3 fully saturated rings. The number of carbonyl (C=O) groups excluding carboxylic acids is 1. The summed E-state index contributed by atoms with van der Waals surface area (Å²) in [5, 5.41) is 10.7. The van der Waals surface area contributed by atoms with Crippen LogP contribution in [0.3, 0.4) is 0 Å². The summed E-state index contributed by atoms with van der Waals surface area (Å²) in [6.45, 7) is 3.61. The molecule has 2 bridgehead atoms. The van der Waals surface area contributed by atoms with Crippen molar-refractivity contribution in [1.82, 2.24) is 9.80 Å². The van der Waals surface area contributed by atoms with Crippen molar-refractivity contribution >= 4 is 6.09 Å². The second-order valence-electron chi connectivity index (χ2n) is 3.53. The Labute approximate surface area is 71.8 Å². The van der Waals surface area contributed by atoms with Crippen molar-refractivity contribution in [1.29, 1.82) is 0 Å². The molecule has 1 amide bonds. The number of piperidine rings is 1. The van der Waals surface area contributed by atoms with Gasteiger partial charge < -0.3 is 19.7 Å². The van der Waals surface area contributed by atoms with E-state index >= 15 is 0 Å². The van der Waals surface area contributed by atoms with Crippen molar-refractivity contribution in [2.24, 2.45) is 0 Å². The smallest absolute Gasteiger partial charge is 0.137 e. The van der Waals surface area contributed by atoms with Gasteiger partial charge in [0.15, 0.2) is 0 Å². The normalized spacial score (nSPS) is 34.8. The van der Waals surface area contributed by atoms with Gasteiger partial charge in [-0.25, -0.2) is 0 Å². The minimum atomic E-state index is -0.997. The largest absolute Gasteiger partial charge is 0.530 e. The molecule has 68 valence electrons. The summed E-state index contributed by atoms with van der Waals surface area (Å²) in [6.07, 6.45) is 0.964. The summed E-state index contributed by atoms with van der Waals surface area (Å²) in [4.78, 5) is 14.5. The lowest BCUT2D eigenvalue weighted by atomic mass is 10.1. The fraction of sp³-hybridized carbons (Fsp3) is 0.875. The van der Waals surface area contributed by atoms with E-state index in [1.54, 1.807) is 0 Å². The Morgan fingerprint density at radius 2 is 1.83 bits per heavy atom. The fourth-order valence-electron chi connectivity index (χ4n) is 2.13. The highest BCUT2D eigenvalue weighted by Crippen LogP contribution is 2.19. The van der Waals surface area contributed by atoms with Crippen LogP contribution >= 0.6 is 0 Å². The van der Waals surface area contributed by atoms with E-state index in [1.165, 1.54) is 4.90 Å². The van der Waals surface area contributed by atoms with Crippen molar-refractivity contribution < 1.29 is 9.90 Å². The first-order valence-corrected chi connectivity index (χ1v) is 4.47. The predicted octanol–water partition coefficient (Wildman–Crippen LogP) is -0.890. The lowest BCUT2D eigenvalue weighted by Crippen LogP contribution is -2.47. The highest BCUT2D eigenvalue weighted by Gasteiger charge is 2.28. The molecule has 0 radical (unpaired) electrons. The quantitative estimate of drug-likeness (QED) is 0.472. The number of nitrogens with zero attached hydrogens (tertiary/aromatic N) is 2. The Balaban J connectivity index is 2.10. The van der Waals surface area contributed by atoms with Crippen LogP contribution in [0.4, 0.5) is 4.79 Å². The first-order chi connectivity index (χ1) is 5.77. The minimum Gasteiger partial charge on any atom is -0.530 e. The zero-order valence-electron chi connectivity index (χ0n) is 7.03. The van der Waals surface area contributed by atoms with Gasteiger partial charge in [-0.05, 0) is 12.8 Å². The van der Waals surface area contributed by atoms with Gasteiger partial charge in [0.05, 0.1) is 0 Å². The summed E-state index contributed by atoms with van der Waals surface area (Å²) < 4.78 is 0. The Morgan fingerprint density at radius 3 is 2.42 bits per heavy atom. The predicted molar refractivity (Wildman–Crippen MR) is 41.6 cm³/mol. The van der Waals surface area contributed by atoms with Crippen molar-refractivity contribution in [3.8, 4) is 0 Å². The zero-order valence-corrected chi connectivity index (χ0v) is 7.03. The Bertz CT molecular complexity index is 187.